The van der Waals surface area contributed by atoms with Crippen molar-refractivity contribution in [2.45, 2.75) is 0 Å². The highest BCUT2D eigenvalue weighted by molar-refractivity contribution is 5.89. The van der Waals surface area contributed by atoms with E-state index >= 15 is 0 Å². The molecule has 2 rings (SSSR count). The Morgan fingerprint density at radius 3 is 2.78 bits per heavy atom. The maximum atomic E-state index is 11.5. The normalized spacial score (nSPS) is 9.89. The second-order valence-corrected chi connectivity index (χ2v) is 3.34. The molecule has 2 aromatic heterocycles. The van der Waals surface area contributed by atoms with E-state index in [2.05, 4.69) is 31.5 Å². The predicted molar refractivity (Wildman–Crippen MR) is 60.8 cm³/mol. The number of imidazole rings is 1. The first kappa shape index (κ1) is 11.7. The third-order valence-electron chi connectivity index (χ3n) is 2.22. The van der Waals surface area contributed by atoms with E-state index in [9.17, 15) is 14.4 Å². The molecular formula is C10H8N4O4. The minimum atomic E-state index is -0.724. The first-order chi connectivity index (χ1) is 8.52. The molecule has 0 aliphatic heterocycles. The van der Waals surface area contributed by atoms with Gasteiger partial charge in [-0.2, -0.15) is 0 Å². The summed E-state index contributed by atoms with van der Waals surface area (Å²) < 4.78 is 5.50. The molecule has 18 heavy (non-hydrogen) atoms. The van der Waals surface area contributed by atoms with E-state index in [1.807, 2.05) is 0 Å². The summed E-state index contributed by atoms with van der Waals surface area (Å²) in [6.45, 7) is 0. The summed E-state index contributed by atoms with van der Waals surface area (Å²) in [5, 5.41) is 0. The minimum Gasteiger partial charge on any atom is -0.459 e. The van der Waals surface area contributed by atoms with Crippen LogP contribution in [0.4, 0.5) is 0 Å². The van der Waals surface area contributed by atoms with Crippen LogP contribution in [0.2, 0.25) is 0 Å². The number of aromatic amines is 2. The van der Waals surface area contributed by atoms with Gasteiger partial charge in [-0.1, -0.05) is 0 Å². The van der Waals surface area contributed by atoms with Crippen LogP contribution in [0.1, 0.15) is 5.82 Å². The molecular weight excluding hydrogens is 240 g/mol. The Hall–Kier alpha value is -2.82. The first-order valence-electron chi connectivity index (χ1n) is 4.82. The smallest absolute Gasteiger partial charge is 0.384 e. The highest BCUT2D eigenvalue weighted by Gasteiger charge is 2.09. The molecule has 0 spiro atoms. The summed E-state index contributed by atoms with van der Waals surface area (Å²) in [7, 11) is 2.66. The molecule has 0 saturated carbocycles. The Bertz CT molecular complexity index is 799. The summed E-state index contributed by atoms with van der Waals surface area (Å²) in [5.74, 6) is 3.93. The number of fused-ring (bicyclic) bond motifs is 1. The second kappa shape index (κ2) is 4.21. The number of hydrogen-bond donors (Lipinski definition) is 2. The van der Waals surface area contributed by atoms with Crippen LogP contribution in [0.5, 0.6) is 0 Å². The van der Waals surface area contributed by atoms with Crippen molar-refractivity contribution in [3.05, 3.63) is 26.7 Å². The van der Waals surface area contributed by atoms with E-state index in [4.69, 9.17) is 0 Å². The molecule has 0 fully saturated rings. The molecule has 0 unspecified atom stereocenters. The number of carbonyl (C=O) groups excluding carboxylic acids is 1. The minimum absolute atomic E-state index is 0.0992. The number of nitrogens with one attached hydrogen (secondary N) is 2. The number of rotatable bonds is 0. The second-order valence-electron chi connectivity index (χ2n) is 3.34. The molecule has 92 valence electrons. The number of carbonyl (C=O) groups is 1. The van der Waals surface area contributed by atoms with Gasteiger partial charge in [0.15, 0.2) is 17.0 Å². The van der Waals surface area contributed by atoms with Crippen molar-refractivity contribution in [2.24, 2.45) is 7.05 Å². The average molecular weight is 248 g/mol. The summed E-state index contributed by atoms with van der Waals surface area (Å²) in [6.07, 6.45) is 0. The Labute approximate surface area is 99.6 Å². The van der Waals surface area contributed by atoms with E-state index in [1.165, 1.54) is 14.2 Å². The standard InChI is InChI=1S/C10H8N4O4/c1-14-8-7(9(16)13-10(14)17)11-5(12-8)3-4-6(15)18-2/h1-2H3,(H,11,12)(H,13,16,17). The molecule has 0 atom stereocenters. The van der Waals surface area contributed by atoms with Gasteiger partial charge in [-0.3, -0.25) is 14.3 Å². The van der Waals surface area contributed by atoms with Crippen LogP contribution >= 0.6 is 0 Å². The van der Waals surface area contributed by atoms with Gasteiger partial charge in [0.2, 0.25) is 0 Å². The van der Waals surface area contributed by atoms with Crippen molar-refractivity contribution < 1.29 is 9.53 Å². The summed E-state index contributed by atoms with van der Waals surface area (Å²) in [4.78, 5) is 42.3. The number of ether oxygens (including phenoxy) is 1. The number of hydrogen-bond acceptors (Lipinski definition) is 5. The fourth-order valence-electron chi connectivity index (χ4n) is 1.33. The lowest BCUT2D eigenvalue weighted by Gasteiger charge is -1.94. The number of H-pyrrole nitrogens is 2. The van der Waals surface area contributed by atoms with Crippen molar-refractivity contribution >= 4 is 17.1 Å². The zero-order valence-corrected chi connectivity index (χ0v) is 9.53. The van der Waals surface area contributed by atoms with Crippen molar-refractivity contribution in [1.82, 2.24) is 19.5 Å². The fourth-order valence-corrected chi connectivity index (χ4v) is 1.33. The van der Waals surface area contributed by atoms with Gasteiger partial charge < -0.3 is 9.72 Å². The summed E-state index contributed by atoms with van der Waals surface area (Å²) >= 11 is 0. The third-order valence-corrected chi connectivity index (χ3v) is 2.22. The maximum Gasteiger partial charge on any atom is 0.384 e. The van der Waals surface area contributed by atoms with Crippen LogP contribution in [0, 0.1) is 11.8 Å². The maximum absolute atomic E-state index is 11.5. The van der Waals surface area contributed by atoms with Crippen molar-refractivity contribution in [3.63, 3.8) is 0 Å². The first-order valence-corrected chi connectivity index (χ1v) is 4.82. The van der Waals surface area contributed by atoms with Crippen LogP contribution in [0.25, 0.3) is 11.2 Å². The van der Waals surface area contributed by atoms with Crippen LogP contribution in [0.3, 0.4) is 0 Å². The number of methoxy groups -OCH3 is 1. The highest BCUT2D eigenvalue weighted by atomic mass is 16.5. The van der Waals surface area contributed by atoms with E-state index in [1.54, 1.807) is 0 Å². The van der Waals surface area contributed by atoms with Crippen LogP contribution in [-0.2, 0) is 16.6 Å². The SMILES string of the molecule is COC(=O)C#Cc1nc2c([nH]1)c(=O)[nH]c(=O)n2C. The quantitative estimate of drug-likeness (QED) is 0.434. The van der Waals surface area contributed by atoms with E-state index in [0.29, 0.717) is 0 Å². The van der Waals surface area contributed by atoms with E-state index in [0.717, 1.165) is 4.57 Å². The summed E-state index contributed by atoms with van der Waals surface area (Å²) in [5.41, 5.74) is -0.887. The predicted octanol–water partition coefficient (Wildman–Crippen LogP) is -1.53. The number of aryl methyl sites for hydroxylation is 1. The van der Waals surface area contributed by atoms with Gasteiger partial charge in [0, 0.05) is 13.0 Å². The molecule has 0 aliphatic carbocycles. The van der Waals surface area contributed by atoms with Gasteiger partial charge in [0.25, 0.3) is 5.56 Å². The summed E-state index contributed by atoms with van der Waals surface area (Å²) in [6, 6.07) is 0. The van der Waals surface area contributed by atoms with Gasteiger partial charge in [-0.25, -0.2) is 14.6 Å². The van der Waals surface area contributed by atoms with Crippen LogP contribution in [-0.4, -0.2) is 32.6 Å². The Kier molecular flexibility index (Phi) is 2.73. The zero-order valence-electron chi connectivity index (χ0n) is 9.53. The largest absolute Gasteiger partial charge is 0.459 e. The van der Waals surface area contributed by atoms with Crippen molar-refractivity contribution in [1.29, 1.82) is 0 Å². The molecule has 0 saturated heterocycles. The van der Waals surface area contributed by atoms with Crippen molar-refractivity contribution in [2.75, 3.05) is 7.11 Å². The molecule has 2 N–H and O–H groups in total. The topological polar surface area (TPSA) is 110 Å². The lowest BCUT2D eigenvalue weighted by atomic mass is 10.5. The number of nitrogens with zero attached hydrogens (tertiary/aromatic N) is 2. The van der Waals surface area contributed by atoms with Crippen LogP contribution in [0.15, 0.2) is 9.59 Å². The molecule has 2 heterocycles. The highest BCUT2D eigenvalue weighted by Crippen LogP contribution is 2.01. The zero-order chi connectivity index (χ0) is 13.3. The van der Waals surface area contributed by atoms with E-state index < -0.39 is 17.2 Å². The van der Waals surface area contributed by atoms with Gasteiger partial charge in [-0.15, -0.1) is 0 Å². The molecule has 2 aromatic rings. The fraction of sp³-hybridized carbons (Fsp3) is 0.200. The van der Waals surface area contributed by atoms with Crippen molar-refractivity contribution in [3.8, 4) is 11.8 Å². The van der Waals surface area contributed by atoms with Gasteiger partial charge in [0.1, 0.15) is 0 Å². The monoisotopic (exact) mass is 248 g/mol. The lowest BCUT2D eigenvalue weighted by molar-refractivity contribution is -0.133. The molecule has 0 bridgehead atoms. The molecule has 0 amide bonds. The molecule has 0 aromatic carbocycles. The van der Waals surface area contributed by atoms with Gasteiger partial charge in [0.05, 0.1) is 7.11 Å². The number of aromatic nitrogens is 4. The average Bonchev–Trinajstić information content (AvgIpc) is 2.78. The van der Waals surface area contributed by atoms with E-state index in [-0.39, 0.29) is 17.0 Å². The Morgan fingerprint density at radius 2 is 2.11 bits per heavy atom. The van der Waals surface area contributed by atoms with Gasteiger partial charge >= 0.3 is 11.7 Å². The number of esters is 1. The molecule has 8 nitrogen and oxygen atoms in total. The molecule has 8 heteroatoms. The van der Waals surface area contributed by atoms with Gasteiger partial charge in [-0.05, 0) is 5.92 Å². The molecule has 0 radical (unpaired) electrons. The Morgan fingerprint density at radius 1 is 1.39 bits per heavy atom. The Balaban J connectivity index is 2.64. The third kappa shape index (κ3) is 1.89. The van der Waals surface area contributed by atoms with Crippen LogP contribution < -0.4 is 11.2 Å². The lowest BCUT2D eigenvalue weighted by Crippen LogP contribution is -2.28. The molecule has 0 aliphatic rings.